The third-order valence-electron chi connectivity index (χ3n) is 1.23. The summed E-state index contributed by atoms with van der Waals surface area (Å²) in [6.07, 6.45) is 6.29. The lowest BCUT2D eigenvalue weighted by Gasteiger charge is -2.06. The van der Waals surface area contributed by atoms with Crippen LogP contribution in [0.1, 0.15) is 0 Å². The van der Waals surface area contributed by atoms with Crippen molar-refractivity contribution in [3.8, 4) is 0 Å². The van der Waals surface area contributed by atoms with E-state index < -0.39 is 12.0 Å². The molecule has 3 heteroatoms. The van der Waals surface area contributed by atoms with Crippen molar-refractivity contribution in [1.29, 1.82) is 0 Å². The second-order valence-corrected chi connectivity index (χ2v) is 2.40. The lowest BCUT2D eigenvalue weighted by Crippen LogP contribution is -2.16. The highest BCUT2D eigenvalue weighted by Gasteiger charge is 2.18. The first-order chi connectivity index (χ1) is 4.72. The Morgan fingerprint density at radius 2 is 2.30 bits per heavy atom. The Morgan fingerprint density at radius 3 is 2.70 bits per heavy atom. The van der Waals surface area contributed by atoms with Crippen LogP contribution in [0, 0.1) is 5.92 Å². The van der Waals surface area contributed by atoms with Gasteiger partial charge in [-0.15, -0.1) is 0 Å². The zero-order valence-corrected chi connectivity index (χ0v) is 5.90. The van der Waals surface area contributed by atoms with Gasteiger partial charge in [-0.3, -0.25) is 4.79 Å². The summed E-state index contributed by atoms with van der Waals surface area (Å²) >= 11 is 4.70. The summed E-state index contributed by atoms with van der Waals surface area (Å²) in [5.41, 5.74) is 0. The molecule has 1 nitrogen and oxygen atoms in total. The molecule has 0 N–H and O–H groups in total. The number of thiocarbonyl (C=S) groups is 1. The fourth-order valence-corrected chi connectivity index (χ4v) is 0.961. The molecule has 10 heavy (non-hydrogen) atoms. The van der Waals surface area contributed by atoms with Gasteiger partial charge < -0.3 is 0 Å². The van der Waals surface area contributed by atoms with Crippen molar-refractivity contribution < 1.29 is 9.18 Å². The number of hydrogen-bond acceptors (Lipinski definition) is 2. The van der Waals surface area contributed by atoms with Crippen molar-refractivity contribution in [2.75, 3.05) is 0 Å². The van der Waals surface area contributed by atoms with E-state index in [-0.39, 0.29) is 0 Å². The molecule has 1 rings (SSSR count). The van der Waals surface area contributed by atoms with E-state index in [1.807, 2.05) is 0 Å². The predicted octanol–water partition coefficient (Wildman–Crippen LogP) is 1.59. The maximum absolute atomic E-state index is 12.0. The van der Waals surface area contributed by atoms with Crippen LogP contribution in [0.4, 0.5) is 4.39 Å². The Balaban J connectivity index is 2.80. The van der Waals surface area contributed by atoms with E-state index in [0.29, 0.717) is 4.86 Å². The van der Waals surface area contributed by atoms with Gasteiger partial charge in [0.1, 0.15) is 5.92 Å². The molecule has 0 aromatic rings. The van der Waals surface area contributed by atoms with E-state index >= 15 is 0 Å². The van der Waals surface area contributed by atoms with Crippen LogP contribution in [0.2, 0.25) is 0 Å². The van der Waals surface area contributed by atoms with Gasteiger partial charge in [-0.1, -0.05) is 30.4 Å². The van der Waals surface area contributed by atoms with Crippen LogP contribution in [0.25, 0.3) is 0 Å². The molecule has 0 bridgehead atoms. The average Bonchev–Trinajstić information content (AvgIpc) is 1.88. The summed E-state index contributed by atoms with van der Waals surface area (Å²) < 4.78 is 12.0. The predicted molar refractivity (Wildman–Crippen MR) is 40.5 cm³/mol. The van der Waals surface area contributed by atoms with Gasteiger partial charge in [-0.05, 0) is 6.08 Å². The highest BCUT2D eigenvalue weighted by atomic mass is 32.1. The molecule has 1 unspecified atom stereocenters. The molecule has 0 aromatic carbocycles. The zero-order valence-electron chi connectivity index (χ0n) is 5.08. The molecule has 0 amide bonds. The number of carbonyl (C=O) groups is 1. The van der Waals surface area contributed by atoms with E-state index in [0.717, 1.165) is 0 Å². The highest BCUT2D eigenvalue weighted by molar-refractivity contribution is 7.80. The lowest BCUT2D eigenvalue weighted by atomic mass is 10.0. The maximum atomic E-state index is 12.0. The molecular formula is C7H5FOS. The van der Waals surface area contributed by atoms with E-state index in [1.54, 1.807) is 18.2 Å². The first-order valence-corrected chi connectivity index (χ1v) is 3.20. The summed E-state index contributed by atoms with van der Waals surface area (Å²) in [7, 11) is 0. The van der Waals surface area contributed by atoms with Crippen molar-refractivity contribution in [1.82, 2.24) is 0 Å². The molecule has 1 aliphatic carbocycles. The molecule has 0 aliphatic heterocycles. The third kappa shape index (κ3) is 1.36. The van der Waals surface area contributed by atoms with Crippen LogP contribution in [0.5, 0.6) is 0 Å². The van der Waals surface area contributed by atoms with Crippen molar-refractivity contribution in [2.24, 2.45) is 5.92 Å². The van der Waals surface area contributed by atoms with Gasteiger partial charge in [0.25, 0.3) is 0 Å². The Morgan fingerprint density at radius 1 is 1.60 bits per heavy atom. The van der Waals surface area contributed by atoms with Crippen LogP contribution in [0.3, 0.4) is 0 Å². The molecule has 0 aromatic heterocycles. The minimum atomic E-state index is -1.38. The van der Waals surface area contributed by atoms with Gasteiger partial charge in [0.15, 0.2) is 0 Å². The summed E-state index contributed by atoms with van der Waals surface area (Å²) in [6.45, 7) is 0. The second kappa shape index (κ2) is 2.84. The largest absolute Gasteiger partial charge is 0.313 e. The van der Waals surface area contributed by atoms with Crippen molar-refractivity contribution in [3.05, 3.63) is 24.3 Å². The topological polar surface area (TPSA) is 17.1 Å². The van der Waals surface area contributed by atoms with Crippen LogP contribution in [0.15, 0.2) is 24.3 Å². The first-order valence-electron chi connectivity index (χ1n) is 2.80. The normalized spacial score (nSPS) is 23.3. The fourth-order valence-electron chi connectivity index (χ4n) is 0.712. The fraction of sp³-hybridized carbons (Fsp3) is 0.143. The van der Waals surface area contributed by atoms with Crippen LogP contribution in [-0.4, -0.2) is 10.9 Å². The number of rotatable bonds is 1. The Kier molecular flexibility index (Phi) is 2.06. The standard InChI is InChI=1S/C7H5FOS/c8-7(9)5-3-1-2-4-6(5)10/h1-5H. The SMILES string of the molecule is O=C(F)C1C=CC=CC1=S. The average molecular weight is 156 g/mol. The minimum absolute atomic E-state index is 0.343. The molecule has 0 radical (unpaired) electrons. The van der Waals surface area contributed by atoms with Crippen molar-refractivity contribution in [2.45, 2.75) is 0 Å². The Bertz CT molecular complexity index is 230. The quantitative estimate of drug-likeness (QED) is 0.423. The highest BCUT2D eigenvalue weighted by Crippen LogP contribution is 2.10. The van der Waals surface area contributed by atoms with E-state index in [4.69, 9.17) is 12.2 Å². The van der Waals surface area contributed by atoms with Crippen LogP contribution in [-0.2, 0) is 4.79 Å². The van der Waals surface area contributed by atoms with E-state index in [1.165, 1.54) is 6.08 Å². The van der Waals surface area contributed by atoms with Crippen LogP contribution >= 0.6 is 12.2 Å². The van der Waals surface area contributed by atoms with Gasteiger partial charge in [0, 0.05) is 4.86 Å². The Labute approximate surface area is 63.2 Å². The summed E-state index contributed by atoms with van der Waals surface area (Å²) in [4.78, 5) is 10.5. The van der Waals surface area contributed by atoms with Gasteiger partial charge in [-0.2, -0.15) is 4.39 Å². The number of carbonyl (C=O) groups excluding carboxylic acids is 1. The lowest BCUT2D eigenvalue weighted by molar-refractivity contribution is -0.130. The van der Waals surface area contributed by atoms with Gasteiger partial charge in [-0.25, -0.2) is 0 Å². The monoisotopic (exact) mass is 156 g/mol. The molecule has 1 atom stereocenters. The summed E-state index contributed by atoms with van der Waals surface area (Å²) in [5.74, 6) is -0.819. The third-order valence-corrected chi connectivity index (χ3v) is 1.62. The summed E-state index contributed by atoms with van der Waals surface area (Å²) in [6, 6.07) is -1.38. The maximum Gasteiger partial charge on any atom is 0.313 e. The molecule has 0 heterocycles. The number of halogens is 1. The molecule has 1 aliphatic rings. The smallest absolute Gasteiger partial charge is 0.260 e. The second-order valence-electron chi connectivity index (χ2n) is 1.93. The molecule has 0 spiro atoms. The summed E-state index contributed by atoms with van der Waals surface area (Å²) in [5, 5.41) is 0. The zero-order chi connectivity index (χ0) is 7.56. The molecule has 0 saturated heterocycles. The van der Waals surface area contributed by atoms with Crippen LogP contribution < -0.4 is 0 Å². The molecule has 0 fully saturated rings. The Hall–Kier alpha value is -0.830. The van der Waals surface area contributed by atoms with Crippen molar-refractivity contribution in [3.63, 3.8) is 0 Å². The molecular weight excluding hydrogens is 151 g/mol. The van der Waals surface area contributed by atoms with Gasteiger partial charge in [0.05, 0.1) is 0 Å². The molecule has 52 valence electrons. The van der Waals surface area contributed by atoms with E-state index in [2.05, 4.69) is 0 Å². The first kappa shape index (κ1) is 7.28. The molecule has 0 saturated carbocycles. The van der Waals surface area contributed by atoms with Crippen molar-refractivity contribution >= 4 is 23.1 Å². The number of hydrogen-bond donors (Lipinski definition) is 0. The van der Waals surface area contributed by atoms with Gasteiger partial charge in [0.2, 0.25) is 0 Å². The number of allylic oxidation sites excluding steroid dienone is 4. The van der Waals surface area contributed by atoms with E-state index in [9.17, 15) is 9.18 Å². The minimum Gasteiger partial charge on any atom is -0.260 e. The van der Waals surface area contributed by atoms with Gasteiger partial charge >= 0.3 is 6.04 Å².